The monoisotopic (exact) mass is 332 g/mol. The molecule has 2 N–H and O–H groups in total. The Morgan fingerprint density at radius 3 is 2.78 bits per heavy atom. The van der Waals surface area contributed by atoms with E-state index in [9.17, 15) is 0 Å². The Bertz CT molecular complexity index is 598. The minimum Gasteiger partial charge on any atom is -0.494 e. The molecule has 2 aromatic rings. The van der Waals surface area contributed by atoms with Gasteiger partial charge in [0.2, 0.25) is 0 Å². The number of nitrogens with one attached hydrogen (secondary N) is 2. The Labute approximate surface area is 141 Å². The number of guanidine groups is 1. The van der Waals surface area contributed by atoms with Crippen molar-refractivity contribution >= 4 is 17.3 Å². The number of hydrogen-bond donors (Lipinski definition) is 2. The van der Waals surface area contributed by atoms with Crippen molar-refractivity contribution in [3.8, 4) is 5.75 Å². The SMILES string of the molecule is CCNC(=NCc1ncc(C)s1)NCCCOc1ccccc1. The van der Waals surface area contributed by atoms with Crippen LogP contribution in [0.15, 0.2) is 41.5 Å². The van der Waals surface area contributed by atoms with Gasteiger partial charge in [-0.25, -0.2) is 9.98 Å². The molecule has 5 nitrogen and oxygen atoms in total. The fraction of sp³-hybridized carbons (Fsp3) is 0.412. The van der Waals surface area contributed by atoms with Gasteiger partial charge in [-0.15, -0.1) is 11.3 Å². The zero-order valence-corrected chi connectivity index (χ0v) is 14.5. The maximum Gasteiger partial charge on any atom is 0.191 e. The van der Waals surface area contributed by atoms with Gasteiger partial charge in [-0.3, -0.25) is 0 Å². The van der Waals surface area contributed by atoms with Crippen LogP contribution in [0.5, 0.6) is 5.75 Å². The summed E-state index contributed by atoms with van der Waals surface area (Å²) in [6.45, 7) is 7.06. The van der Waals surface area contributed by atoms with Crippen LogP contribution in [0, 0.1) is 6.92 Å². The van der Waals surface area contributed by atoms with Crippen LogP contribution >= 0.6 is 11.3 Å². The van der Waals surface area contributed by atoms with E-state index in [1.54, 1.807) is 11.3 Å². The summed E-state index contributed by atoms with van der Waals surface area (Å²) in [6, 6.07) is 9.87. The first-order valence-corrected chi connectivity index (χ1v) is 8.71. The number of thiazole rings is 1. The normalized spacial score (nSPS) is 11.3. The van der Waals surface area contributed by atoms with Crippen LogP contribution in [0.4, 0.5) is 0 Å². The number of aromatic nitrogens is 1. The van der Waals surface area contributed by atoms with E-state index in [2.05, 4.69) is 34.5 Å². The molecule has 0 aliphatic carbocycles. The van der Waals surface area contributed by atoms with Gasteiger partial charge < -0.3 is 15.4 Å². The van der Waals surface area contributed by atoms with Crippen molar-refractivity contribution in [2.24, 2.45) is 4.99 Å². The first kappa shape index (κ1) is 17.3. The average Bonchev–Trinajstić information content (AvgIpc) is 2.98. The summed E-state index contributed by atoms with van der Waals surface area (Å²) >= 11 is 1.68. The van der Waals surface area contributed by atoms with Crippen LogP contribution in [0.25, 0.3) is 0 Å². The molecule has 23 heavy (non-hydrogen) atoms. The van der Waals surface area contributed by atoms with E-state index in [4.69, 9.17) is 4.74 Å². The first-order valence-electron chi connectivity index (χ1n) is 7.89. The lowest BCUT2D eigenvalue weighted by Gasteiger charge is -2.11. The van der Waals surface area contributed by atoms with E-state index in [0.717, 1.165) is 36.2 Å². The molecule has 0 radical (unpaired) electrons. The van der Waals surface area contributed by atoms with Crippen LogP contribution in [-0.2, 0) is 6.54 Å². The van der Waals surface area contributed by atoms with Gasteiger partial charge in [0.1, 0.15) is 10.8 Å². The summed E-state index contributed by atoms with van der Waals surface area (Å²) in [5.74, 6) is 1.73. The van der Waals surface area contributed by atoms with Gasteiger partial charge in [-0.2, -0.15) is 0 Å². The van der Waals surface area contributed by atoms with Crippen LogP contribution in [0.2, 0.25) is 0 Å². The number of nitrogens with zero attached hydrogens (tertiary/aromatic N) is 2. The minimum absolute atomic E-state index is 0.606. The van der Waals surface area contributed by atoms with Crippen molar-refractivity contribution < 1.29 is 4.74 Å². The fourth-order valence-corrected chi connectivity index (χ4v) is 2.66. The molecule has 124 valence electrons. The van der Waals surface area contributed by atoms with E-state index in [0.29, 0.717) is 13.2 Å². The predicted molar refractivity (Wildman–Crippen MR) is 96.2 cm³/mol. The van der Waals surface area contributed by atoms with Crippen molar-refractivity contribution in [1.82, 2.24) is 15.6 Å². The molecule has 0 saturated carbocycles. The minimum atomic E-state index is 0.606. The number of rotatable bonds is 8. The zero-order valence-electron chi connectivity index (χ0n) is 13.7. The van der Waals surface area contributed by atoms with Gasteiger partial charge >= 0.3 is 0 Å². The molecule has 0 atom stereocenters. The number of ether oxygens (including phenoxy) is 1. The fourth-order valence-electron chi connectivity index (χ4n) is 1.95. The summed E-state index contributed by atoms with van der Waals surface area (Å²) < 4.78 is 5.67. The zero-order chi connectivity index (χ0) is 16.3. The van der Waals surface area contributed by atoms with Gasteiger partial charge in [-0.1, -0.05) is 18.2 Å². The van der Waals surface area contributed by atoms with Crippen LogP contribution in [0.3, 0.4) is 0 Å². The van der Waals surface area contributed by atoms with Crippen molar-refractivity contribution in [2.75, 3.05) is 19.7 Å². The molecule has 0 bridgehead atoms. The van der Waals surface area contributed by atoms with Crippen molar-refractivity contribution in [3.63, 3.8) is 0 Å². The molecular formula is C17H24N4OS. The maximum absolute atomic E-state index is 5.67. The van der Waals surface area contributed by atoms with Crippen LogP contribution in [-0.4, -0.2) is 30.6 Å². The molecule has 0 fully saturated rings. The lowest BCUT2D eigenvalue weighted by Crippen LogP contribution is -2.38. The van der Waals surface area contributed by atoms with Crippen molar-refractivity contribution in [2.45, 2.75) is 26.8 Å². The Balaban J connectivity index is 1.69. The molecule has 0 unspecified atom stereocenters. The average molecular weight is 332 g/mol. The number of benzene rings is 1. The molecule has 0 aliphatic rings. The highest BCUT2D eigenvalue weighted by Gasteiger charge is 2.00. The van der Waals surface area contributed by atoms with Crippen LogP contribution in [0.1, 0.15) is 23.2 Å². The van der Waals surface area contributed by atoms with E-state index in [-0.39, 0.29) is 0 Å². The summed E-state index contributed by atoms with van der Waals surface area (Å²) in [6.07, 6.45) is 2.80. The topological polar surface area (TPSA) is 58.5 Å². The third-order valence-corrected chi connectivity index (χ3v) is 3.91. The summed E-state index contributed by atoms with van der Waals surface area (Å²) in [4.78, 5) is 10.1. The third kappa shape index (κ3) is 6.69. The molecular weight excluding hydrogens is 308 g/mol. The quantitative estimate of drug-likeness (QED) is 0.443. The van der Waals surface area contributed by atoms with E-state index >= 15 is 0 Å². The van der Waals surface area contributed by atoms with E-state index < -0.39 is 0 Å². The van der Waals surface area contributed by atoms with Gasteiger partial charge in [0.05, 0.1) is 13.2 Å². The van der Waals surface area contributed by atoms with Gasteiger partial charge in [0.25, 0.3) is 0 Å². The van der Waals surface area contributed by atoms with E-state index in [1.165, 1.54) is 4.88 Å². The highest BCUT2D eigenvalue weighted by molar-refractivity contribution is 7.11. The second kappa shape index (κ2) is 9.84. The Kier molecular flexibility index (Phi) is 7.39. The molecule has 1 heterocycles. The Hall–Kier alpha value is -2.08. The number of hydrogen-bond acceptors (Lipinski definition) is 4. The lowest BCUT2D eigenvalue weighted by molar-refractivity contribution is 0.311. The lowest BCUT2D eigenvalue weighted by atomic mass is 10.3. The van der Waals surface area contributed by atoms with Gasteiger partial charge in [0.15, 0.2) is 5.96 Å². The number of para-hydroxylation sites is 1. The summed E-state index contributed by atoms with van der Waals surface area (Å²) in [5.41, 5.74) is 0. The molecule has 6 heteroatoms. The molecule has 0 amide bonds. The van der Waals surface area contributed by atoms with Crippen molar-refractivity contribution in [1.29, 1.82) is 0 Å². The highest BCUT2D eigenvalue weighted by Crippen LogP contribution is 2.11. The largest absolute Gasteiger partial charge is 0.494 e. The molecule has 0 spiro atoms. The highest BCUT2D eigenvalue weighted by atomic mass is 32.1. The summed E-state index contributed by atoms with van der Waals surface area (Å²) in [7, 11) is 0. The van der Waals surface area contributed by atoms with Crippen molar-refractivity contribution in [3.05, 3.63) is 46.4 Å². The second-order valence-electron chi connectivity index (χ2n) is 5.00. The first-order chi connectivity index (χ1) is 11.3. The predicted octanol–water partition coefficient (Wildman–Crippen LogP) is 2.98. The van der Waals surface area contributed by atoms with Gasteiger partial charge in [0, 0.05) is 24.2 Å². The number of aryl methyl sites for hydroxylation is 1. The Morgan fingerprint density at radius 1 is 1.26 bits per heavy atom. The molecule has 1 aromatic heterocycles. The Morgan fingerprint density at radius 2 is 2.09 bits per heavy atom. The number of aliphatic imine (C=N–C) groups is 1. The second-order valence-corrected chi connectivity index (χ2v) is 6.32. The van der Waals surface area contributed by atoms with E-state index in [1.807, 2.05) is 36.5 Å². The molecule has 0 saturated heterocycles. The van der Waals surface area contributed by atoms with Gasteiger partial charge in [-0.05, 0) is 32.4 Å². The smallest absolute Gasteiger partial charge is 0.191 e. The van der Waals surface area contributed by atoms with Crippen LogP contribution < -0.4 is 15.4 Å². The molecule has 2 rings (SSSR count). The third-order valence-electron chi connectivity index (χ3n) is 3.01. The molecule has 0 aliphatic heterocycles. The standard InChI is InChI=1S/C17H24N4OS/c1-3-18-17(21-13-16-20-12-14(2)23-16)19-10-7-11-22-15-8-5-4-6-9-15/h4-6,8-9,12H,3,7,10-11,13H2,1-2H3,(H2,18,19,21). The summed E-state index contributed by atoms with van der Waals surface area (Å²) in [5, 5.41) is 7.60. The molecule has 1 aromatic carbocycles. The maximum atomic E-state index is 5.67.